The molecule has 0 spiro atoms. The van der Waals surface area contributed by atoms with Crippen molar-refractivity contribution in [2.45, 2.75) is 24.9 Å². The number of rotatable bonds is 1. The van der Waals surface area contributed by atoms with Gasteiger partial charge in [-0.3, -0.25) is 4.79 Å². The summed E-state index contributed by atoms with van der Waals surface area (Å²) < 4.78 is 1.09. The molecule has 1 fully saturated rings. The smallest absolute Gasteiger partial charge is 0.254 e. The number of carbonyl (C=O) groups is 1. The van der Waals surface area contributed by atoms with Gasteiger partial charge in [0.05, 0.1) is 6.04 Å². The summed E-state index contributed by atoms with van der Waals surface area (Å²) >= 11 is 3.53. The summed E-state index contributed by atoms with van der Waals surface area (Å²) in [6.07, 6.45) is 2.08. The van der Waals surface area contributed by atoms with Crippen molar-refractivity contribution in [3.63, 3.8) is 0 Å². The Bertz CT molecular complexity index is 683. The topological polar surface area (TPSA) is 20.3 Å². The van der Waals surface area contributed by atoms with Crippen molar-refractivity contribution in [3.05, 3.63) is 69.7 Å². The van der Waals surface area contributed by atoms with Crippen molar-refractivity contribution in [2.24, 2.45) is 0 Å². The molecule has 2 aromatic carbocycles. The normalized spacial score (nSPS) is 22.9. The highest BCUT2D eigenvalue weighted by Gasteiger charge is 2.47. The molecule has 2 aliphatic rings. The number of halogens is 1. The number of amides is 1. The molecule has 2 atom stereocenters. The minimum Gasteiger partial charge on any atom is -0.328 e. The van der Waals surface area contributed by atoms with Crippen molar-refractivity contribution in [1.29, 1.82) is 0 Å². The minimum absolute atomic E-state index is 0.164. The Morgan fingerprint density at radius 3 is 2.75 bits per heavy atom. The fourth-order valence-electron chi connectivity index (χ4n) is 3.41. The average Bonchev–Trinajstić information content (AvgIpc) is 2.47. The highest BCUT2D eigenvalue weighted by molar-refractivity contribution is 9.10. The van der Waals surface area contributed by atoms with Gasteiger partial charge in [-0.2, -0.15) is 0 Å². The molecule has 1 unspecified atom stereocenters. The quantitative estimate of drug-likeness (QED) is 0.776. The first kappa shape index (κ1) is 12.2. The van der Waals surface area contributed by atoms with E-state index in [4.69, 9.17) is 0 Å². The SMILES string of the molecule is O=C(c1ccccc1)N1C2C[C@@H]1Cc1ccc(Br)cc12. The summed E-state index contributed by atoms with van der Waals surface area (Å²) in [5.41, 5.74) is 3.50. The van der Waals surface area contributed by atoms with Crippen molar-refractivity contribution in [3.8, 4) is 0 Å². The Morgan fingerprint density at radius 1 is 1.15 bits per heavy atom. The average molecular weight is 328 g/mol. The van der Waals surface area contributed by atoms with E-state index in [-0.39, 0.29) is 11.9 Å². The standard InChI is InChI=1S/C17H14BrNO/c18-13-7-6-12-8-14-10-16(15(12)9-13)19(14)17(20)11-4-2-1-3-5-11/h1-7,9,14,16H,8,10H2/t14-,16?/m0/s1. The predicted molar refractivity (Wildman–Crippen MR) is 81.6 cm³/mol. The summed E-state index contributed by atoms with van der Waals surface area (Å²) in [6, 6.07) is 16.7. The summed E-state index contributed by atoms with van der Waals surface area (Å²) in [7, 11) is 0. The first-order valence-corrected chi connectivity index (χ1v) is 7.69. The molecule has 0 N–H and O–H groups in total. The molecule has 2 bridgehead atoms. The summed E-state index contributed by atoms with van der Waals surface area (Å²) in [5, 5.41) is 0. The van der Waals surface area contributed by atoms with Gasteiger partial charge in [0.1, 0.15) is 0 Å². The molecule has 1 amide bonds. The third kappa shape index (κ3) is 1.73. The molecule has 1 aliphatic carbocycles. The fourth-order valence-corrected chi connectivity index (χ4v) is 3.79. The third-order valence-corrected chi connectivity index (χ3v) is 4.90. The first-order valence-electron chi connectivity index (χ1n) is 6.90. The van der Waals surface area contributed by atoms with E-state index >= 15 is 0 Å². The van der Waals surface area contributed by atoms with E-state index in [9.17, 15) is 4.79 Å². The van der Waals surface area contributed by atoms with Gasteiger partial charge in [0.25, 0.3) is 5.91 Å². The summed E-state index contributed by atoms with van der Waals surface area (Å²) in [5.74, 6) is 0.164. The van der Waals surface area contributed by atoms with Crippen molar-refractivity contribution in [2.75, 3.05) is 0 Å². The second kappa shape index (κ2) is 4.45. The van der Waals surface area contributed by atoms with Crippen LogP contribution in [0.5, 0.6) is 0 Å². The number of carbonyl (C=O) groups excluding carboxylic acids is 1. The lowest BCUT2D eigenvalue weighted by Crippen LogP contribution is -2.57. The highest BCUT2D eigenvalue weighted by atomic mass is 79.9. The lowest BCUT2D eigenvalue weighted by atomic mass is 9.75. The van der Waals surface area contributed by atoms with E-state index in [0.29, 0.717) is 6.04 Å². The molecular formula is C17H14BrNO. The van der Waals surface area contributed by atoms with Crippen LogP contribution in [0.3, 0.4) is 0 Å². The number of likely N-dealkylation sites (tertiary alicyclic amines) is 1. The van der Waals surface area contributed by atoms with Crippen LogP contribution < -0.4 is 0 Å². The maximum absolute atomic E-state index is 12.6. The van der Waals surface area contributed by atoms with Gasteiger partial charge in [-0.25, -0.2) is 0 Å². The van der Waals surface area contributed by atoms with E-state index in [1.54, 1.807) is 0 Å². The molecule has 0 radical (unpaired) electrons. The van der Waals surface area contributed by atoms with Gasteiger partial charge >= 0.3 is 0 Å². The molecule has 2 nitrogen and oxygen atoms in total. The number of hydrogen-bond donors (Lipinski definition) is 0. The molecule has 2 aromatic rings. The van der Waals surface area contributed by atoms with Crippen LogP contribution in [0, 0.1) is 0 Å². The van der Waals surface area contributed by atoms with Crippen LogP contribution in [0.15, 0.2) is 53.0 Å². The van der Waals surface area contributed by atoms with Crippen LogP contribution in [-0.2, 0) is 6.42 Å². The van der Waals surface area contributed by atoms with Gasteiger partial charge < -0.3 is 4.90 Å². The van der Waals surface area contributed by atoms with Crippen molar-refractivity contribution < 1.29 is 4.79 Å². The van der Waals surface area contributed by atoms with Crippen LogP contribution in [0.4, 0.5) is 0 Å². The molecular weight excluding hydrogens is 314 g/mol. The van der Waals surface area contributed by atoms with Gasteiger partial charge in [0.2, 0.25) is 0 Å². The van der Waals surface area contributed by atoms with Crippen LogP contribution in [-0.4, -0.2) is 16.8 Å². The van der Waals surface area contributed by atoms with Crippen LogP contribution in [0.1, 0.15) is 33.9 Å². The molecule has 4 rings (SSSR count). The molecule has 1 saturated heterocycles. The number of benzene rings is 2. The van der Waals surface area contributed by atoms with Gasteiger partial charge in [-0.15, -0.1) is 0 Å². The van der Waals surface area contributed by atoms with E-state index in [1.165, 1.54) is 11.1 Å². The number of nitrogens with zero attached hydrogens (tertiary/aromatic N) is 1. The Morgan fingerprint density at radius 2 is 1.95 bits per heavy atom. The van der Waals surface area contributed by atoms with Crippen LogP contribution >= 0.6 is 15.9 Å². The van der Waals surface area contributed by atoms with E-state index in [2.05, 4.69) is 39.0 Å². The Kier molecular flexibility index (Phi) is 2.71. The summed E-state index contributed by atoms with van der Waals surface area (Å²) in [6.45, 7) is 0. The lowest BCUT2D eigenvalue weighted by Gasteiger charge is -2.53. The zero-order chi connectivity index (χ0) is 13.7. The van der Waals surface area contributed by atoms with E-state index in [1.807, 2.05) is 30.3 Å². The van der Waals surface area contributed by atoms with Crippen molar-refractivity contribution in [1.82, 2.24) is 4.90 Å². The predicted octanol–water partition coefficient (Wildman–Crippen LogP) is 3.96. The monoisotopic (exact) mass is 327 g/mol. The molecule has 20 heavy (non-hydrogen) atoms. The zero-order valence-electron chi connectivity index (χ0n) is 10.9. The maximum atomic E-state index is 12.6. The van der Waals surface area contributed by atoms with Gasteiger partial charge in [-0.1, -0.05) is 40.2 Å². The fraction of sp³-hybridized carbons (Fsp3) is 0.235. The highest BCUT2D eigenvalue weighted by Crippen LogP contribution is 2.47. The van der Waals surface area contributed by atoms with E-state index < -0.39 is 0 Å². The van der Waals surface area contributed by atoms with Gasteiger partial charge in [-0.05, 0) is 48.2 Å². The minimum atomic E-state index is 0.164. The van der Waals surface area contributed by atoms with Crippen LogP contribution in [0.25, 0.3) is 0 Å². The molecule has 1 aliphatic heterocycles. The molecule has 100 valence electrons. The van der Waals surface area contributed by atoms with Crippen LogP contribution in [0.2, 0.25) is 0 Å². The summed E-state index contributed by atoms with van der Waals surface area (Å²) in [4.78, 5) is 14.7. The second-order valence-corrected chi connectivity index (χ2v) is 6.45. The van der Waals surface area contributed by atoms with Gasteiger partial charge in [0.15, 0.2) is 0 Å². The zero-order valence-corrected chi connectivity index (χ0v) is 12.5. The molecule has 0 aromatic heterocycles. The van der Waals surface area contributed by atoms with Crippen molar-refractivity contribution >= 4 is 21.8 Å². The Hall–Kier alpha value is -1.61. The molecule has 0 saturated carbocycles. The first-order chi connectivity index (χ1) is 9.74. The molecule has 1 heterocycles. The number of hydrogen-bond acceptors (Lipinski definition) is 1. The third-order valence-electron chi connectivity index (χ3n) is 4.40. The Labute approximate surface area is 126 Å². The Balaban J connectivity index is 1.69. The second-order valence-electron chi connectivity index (χ2n) is 5.53. The maximum Gasteiger partial charge on any atom is 0.254 e. The number of fused-ring (bicyclic) bond motifs is 4. The van der Waals surface area contributed by atoms with Gasteiger partial charge in [0, 0.05) is 16.1 Å². The molecule has 3 heteroatoms. The lowest BCUT2D eigenvalue weighted by molar-refractivity contribution is 0.00652. The van der Waals surface area contributed by atoms with E-state index in [0.717, 1.165) is 22.9 Å². The largest absolute Gasteiger partial charge is 0.328 e.